The standard InChI is InChI=1S/C24H29N3O2/c1-4-29-22-7-5-6-21(13-22)16-27-17(2)12-23(18(27)3)24(28)26-15-20-10-8-19(14-25)9-11-20/h5-13H,4,14-16,25H2,1-3H3,(H,26,28). The molecular formula is C24H29N3O2. The molecule has 1 heterocycles. The van der Waals surface area contributed by atoms with E-state index in [0.29, 0.717) is 31.8 Å². The molecule has 3 rings (SSSR count). The van der Waals surface area contributed by atoms with Gasteiger partial charge in [0.05, 0.1) is 12.2 Å². The zero-order valence-corrected chi connectivity index (χ0v) is 17.4. The number of hydrogen-bond donors (Lipinski definition) is 2. The Hall–Kier alpha value is -3.05. The normalized spacial score (nSPS) is 10.8. The second kappa shape index (κ2) is 9.43. The number of hydrogen-bond acceptors (Lipinski definition) is 3. The van der Waals surface area contributed by atoms with Gasteiger partial charge < -0.3 is 20.4 Å². The minimum absolute atomic E-state index is 0.0599. The molecule has 0 fully saturated rings. The van der Waals surface area contributed by atoms with Crippen molar-refractivity contribution in [3.63, 3.8) is 0 Å². The first-order chi connectivity index (χ1) is 14.0. The van der Waals surface area contributed by atoms with Gasteiger partial charge in [0.2, 0.25) is 0 Å². The van der Waals surface area contributed by atoms with Gasteiger partial charge in [0.1, 0.15) is 5.75 Å². The maximum absolute atomic E-state index is 12.8. The van der Waals surface area contributed by atoms with Gasteiger partial charge in [0.15, 0.2) is 0 Å². The van der Waals surface area contributed by atoms with Crippen molar-refractivity contribution in [2.75, 3.05) is 6.61 Å². The molecule has 5 nitrogen and oxygen atoms in total. The summed E-state index contributed by atoms with van der Waals surface area (Å²) >= 11 is 0. The molecule has 0 saturated heterocycles. The van der Waals surface area contributed by atoms with E-state index in [2.05, 4.69) is 16.0 Å². The van der Waals surface area contributed by atoms with Crippen molar-refractivity contribution < 1.29 is 9.53 Å². The first-order valence-corrected chi connectivity index (χ1v) is 9.96. The molecule has 0 aliphatic heterocycles. The summed E-state index contributed by atoms with van der Waals surface area (Å²) in [6.45, 7) is 8.35. The van der Waals surface area contributed by atoms with Crippen LogP contribution in [0.4, 0.5) is 0 Å². The van der Waals surface area contributed by atoms with E-state index in [1.165, 1.54) is 0 Å². The smallest absolute Gasteiger partial charge is 0.253 e. The molecule has 0 unspecified atom stereocenters. The fourth-order valence-corrected chi connectivity index (χ4v) is 3.43. The van der Waals surface area contributed by atoms with Crippen molar-refractivity contribution in [2.24, 2.45) is 5.73 Å². The summed E-state index contributed by atoms with van der Waals surface area (Å²) in [5.74, 6) is 0.807. The number of benzene rings is 2. The van der Waals surface area contributed by atoms with Crippen LogP contribution in [-0.2, 0) is 19.6 Å². The first kappa shape index (κ1) is 20.7. The van der Waals surface area contributed by atoms with Gasteiger partial charge in [0.25, 0.3) is 5.91 Å². The van der Waals surface area contributed by atoms with Gasteiger partial charge in [-0.3, -0.25) is 4.79 Å². The summed E-state index contributed by atoms with van der Waals surface area (Å²) in [7, 11) is 0. The van der Waals surface area contributed by atoms with Crippen LogP contribution in [0, 0.1) is 13.8 Å². The van der Waals surface area contributed by atoms with Crippen LogP contribution in [0.25, 0.3) is 0 Å². The van der Waals surface area contributed by atoms with Crippen LogP contribution in [0.15, 0.2) is 54.6 Å². The molecule has 0 radical (unpaired) electrons. The molecule has 1 aromatic heterocycles. The second-order valence-corrected chi connectivity index (χ2v) is 7.15. The van der Waals surface area contributed by atoms with Gasteiger partial charge in [0, 0.05) is 31.0 Å². The Bertz CT molecular complexity index is 974. The quantitative estimate of drug-likeness (QED) is 0.611. The highest BCUT2D eigenvalue weighted by molar-refractivity contribution is 5.95. The average molecular weight is 392 g/mol. The number of carbonyl (C=O) groups excluding carboxylic acids is 1. The zero-order valence-electron chi connectivity index (χ0n) is 17.4. The second-order valence-electron chi connectivity index (χ2n) is 7.15. The molecule has 0 spiro atoms. The number of amides is 1. The van der Waals surface area contributed by atoms with Gasteiger partial charge in [-0.25, -0.2) is 0 Å². The van der Waals surface area contributed by atoms with Crippen molar-refractivity contribution in [3.8, 4) is 5.75 Å². The summed E-state index contributed by atoms with van der Waals surface area (Å²) in [4.78, 5) is 12.8. The highest BCUT2D eigenvalue weighted by atomic mass is 16.5. The fourth-order valence-electron chi connectivity index (χ4n) is 3.43. The summed E-state index contributed by atoms with van der Waals surface area (Å²) in [5.41, 5.74) is 11.6. The Labute approximate surface area is 172 Å². The molecule has 0 bridgehead atoms. The van der Waals surface area contributed by atoms with Crippen LogP contribution >= 0.6 is 0 Å². The van der Waals surface area contributed by atoms with Crippen LogP contribution in [0.3, 0.4) is 0 Å². The van der Waals surface area contributed by atoms with E-state index in [-0.39, 0.29) is 5.91 Å². The lowest BCUT2D eigenvalue weighted by atomic mass is 10.1. The zero-order chi connectivity index (χ0) is 20.8. The maximum atomic E-state index is 12.8. The minimum Gasteiger partial charge on any atom is -0.494 e. The van der Waals surface area contributed by atoms with Gasteiger partial charge >= 0.3 is 0 Å². The first-order valence-electron chi connectivity index (χ1n) is 9.96. The van der Waals surface area contributed by atoms with Gasteiger partial charge in [-0.2, -0.15) is 0 Å². The number of carbonyl (C=O) groups is 1. The molecule has 0 saturated carbocycles. The van der Waals surface area contributed by atoms with Crippen molar-refractivity contribution in [2.45, 2.75) is 40.4 Å². The molecule has 0 atom stereocenters. The number of nitrogens with two attached hydrogens (primary N) is 1. The Balaban J connectivity index is 1.70. The SMILES string of the molecule is CCOc1cccc(Cn2c(C)cc(C(=O)NCc3ccc(CN)cc3)c2C)c1. The number of rotatable bonds is 8. The Morgan fingerprint density at radius 3 is 2.45 bits per heavy atom. The minimum atomic E-state index is -0.0599. The van der Waals surface area contributed by atoms with Gasteiger partial charge in [-0.1, -0.05) is 36.4 Å². The van der Waals surface area contributed by atoms with Crippen LogP contribution in [0.5, 0.6) is 5.75 Å². The molecule has 3 aromatic rings. The molecule has 152 valence electrons. The van der Waals surface area contributed by atoms with E-state index in [4.69, 9.17) is 10.5 Å². The van der Waals surface area contributed by atoms with Crippen LogP contribution in [0.1, 0.15) is 45.4 Å². The number of aryl methyl sites for hydroxylation is 1. The highest BCUT2D eigenvalue weighted by Gasteiger charge is 2.16. The largest absolute Gasteiger partial charge is 0.494 e. The molecule has 2 aromatic carbocycles. The third-order valence-electron chi connectivity index (χ3n) is 5.08. The number of ether oxygens (including phenoxy) is 1. The third-order valence-corrected chi connectivity index (χ3v) is 5.08. The van der Waals surface area contributed by atoms with Crippen LogP contribution < -0.4 is 15.8 Å². The average Bonchev–Trinajstić information content (AvgIpc) is 3.01. The maximum Gasteiger partial charge on any atom is 0.253 e. The molecule has 1 amide bonds. The highest BCUT2D eigenvalue weighted by Crippen LogP contribution is 2.20. The lowest BCUT2D eigenvalue weighted by Gasteiger charge is -2.12. The van der Waals surface area contributed by atoms with Gasteiger partial charge in [-0.05, 0) is 55.7 Å². The molecule has 0 aliphatic carbocycles. The number of aromatic nitrogens is 1. The summed E-state index contributed by atoms with van der Waals surface area (Å²) in [5, 5.41) is 3.02. The van der Waals surface area contributed by atoms with Crippen molar-refractivity contribution in [3.05, 3.63) is 88.2 Å². The van der Waals surface area contributed by atoms with E-state index >= 15 is 0 Å². The monoisotopic (exact) mass is 391 g/mol. The van der Waals surface area contributed by atoms with Crippen LogP contribution in [-0.4, -0.2) is 17.1 Å². The predicted molar refractivity (Wildman–Crippen MR) is 116 cm³/mol. The number of nitrogens with one attached hydrogen (secondary N) is 1. The Morgan fingerprint density at radius 2 is 1.76 bits per heavy atom. The molecule has 5 heteroatoms. The Morgan fingerprint density at radius 1 is 1.03 bits per heavy atom. The topological polar surface area (TPSA) is 69.3 Å². The van der Waals surface area contributed by atoms with Crippen LogP contribution in [0.2, 0.25) is 0 Å². The van der Waals surface area contributed by atoms with E-state index < -0.39 is 0 Å². The van der Waals surface area contributed by atoms with E-state index in [0.717, 1.165) is 33.8 Å². The molecule has 3 N–H and O–H groups in total. The lowest BCUT2D eigenvalue weighted by Crippen LogP contribution is -2.23. The van der Waals surface area contributed by atoms with Gasteiger partial charge in [-0.15, -0.1) is 0 Å². The van der Waals surface area contributed by atoms with E-state index in [1.807, 2.05) is 69.3 Å². The molecule has 0 aliphatic rings. The van der Waals surface area contributed by atoms with E-state index in [9.17, 15) is 4.79 Å². The van der Waals surface area contributed by atoms with E-state index in [1.54, 1.807) is 0 Å². The predicted octanol–water partition coefficient (Wildman–Crippen LogP) is 3.94. The molecule has 29 heavy (non-hydrogen) atoms. The Kier molecular flexibility index (Phi) is 6.73. The van der Waals surface area contributed by atoms with Crippen molar-refractivity contribution >= 4 is 5.91 Å². The van der Waals surface area contributed by atoms with Crippen molar-refractivity contribution in [1.29, 1.82) is 0 Å². The summed E-state index contributed by atoms with van der Waals surface area (Å²) in [6, 6.07) is 18.0. The summed E-state index contributed by atoms with van der Waals surface area (Å²) in [6.07, 6.45) is 0. The third kappa shape index (κ3) is 5.06. The number of nitrogens with zero attached hydrogens (tertiary/aromatic N) is 1. The molecular weight excluding hydrogens is 362 g/mol. The van der Waals surface area contributed by atoms with Crippen molar-refractivity contribution in [1.82, 2.24) is 9.88 Å². The fraction of sp³-hybridized carbons (Fsp3) is 0.292. The summed E-state index contributed by atoms with van der Waals surface area (Å²) < 4.78 is 7.76. The lowest BCUT2D eigenvalue weighted by molar-refractivity contribution is 0.0950.